The van der Waals surface area contributed by atoms with E-state index in [9.17, 15) is 14.7 Å². The Kier molecular flexibility index (Phi) is 13.8. The fraction of sp³-hybridized carbons (Fsp3) is 0.450. The highest BCUT2D eigenvalue weighted by Crippen LogP contribution is 2.39. The molecule has 49 heavy (non-hydrogen) atoms. The van der Waals surface area contributed by atoms with Crippen molar-refractivity contribution in [2.75, 3.05) is 24.1 Å². The Morgan fingerprint density at radius 1 is 0.878 bits per heavy atom. The number of hydrogen-bond donors (Lipinski definition) is 4. The molecular formula is C40H52N4O5. The number of ether oxygens (including phenoxy) is 2. The van der Waals surface area contributed by atoms with Crippen molar-refractivity contribution in [3.8, 4) is 0 Å². The molecule has 2 aliphatic rings. The summed E-state index contributed by atoms with van der Waals surface area (Å²) in [7, 11) is 0. The van der Waals surface area contributed by atoms with Crippen LogP contribution in [-0.4, -0.2) is 47.1 Å². The zero-order valence-electron chi connectivity index (χ0n) is 28.5. The number of unbranched alkanes of at least 4 members (excludes halogenated alkanes) is 2. The number of para-hydroxylation sites is 2. The normalized spacial score (nSPS) is 19.5. The minimum absolute atomic E-state index is 0.00576. The summed E-state index contributed by atoms with van der Waals surface area (Å²) in [5, 5.41) is 15.4. The van der Waals surface area contributed by atoms with Crippen LogP contribution in [0.2, 0.25) is 0 Å². The molecule has 2 amide bonds. The van der Waals surface area contributed by atoms with E-state index in [1.807, 2.05) is 66.7 Å². The second-order valence-corrected chi connectivity index (χ2v) is 13.2. The van der Waals surface area contributed by atoms with Crippen molar-refractivity contribution in [1.82, 2.24) is 10.2 Å². The number of aliphatic hydroxyl groups is 1. The summed E-state index contributed by atoms with van der Waals surface area (Å²) in [6.45, 7) is 6.12. The van der Waals surface area contributed by atoms with Crippen LogP contribution in [0.3, 0.4) is 0 Å². The molecule has 2 fully saturated rings. The number of hydrogen-bond acceptors (Lipinski definition) is 7. The molecule has 3 aromatic rings. The van der Waals surface area contributed by atoms with Gasteiger partial charge in [0, 0.05) is 50.5 Å². The molecule has 9 heteroatoms. The molecular weight excluding hydrogens is 616 g/mol. The third-order valence-electron chi connectivity index (χ3n) is 9.54. The van der Waals surface area contributed by atoms with Crippen molar-refractivity contribution < 1.29 is 24.2 Å². The number of anilines is 2. The molecule has 1 aliphatic carbocycles. The topological polar surface area (TPSA) is 126 Å². The Bertz CT molecular complexity index is 1490. The van der Waals surface area contributed by atoms with Gasteiger partial charge in [-0.15, -0.1) is 6.58 Å². The summed E-state index contributed by atoms with van der Waals surface area (Å²) in [5.74, 6) is -0.0786. The molecule has 5 rings (SSSR count). The maximum Gasteiger partial charge on any atom is 0.224 e. The maximum absolute atomic E-state index is 12.5. The van der Waals surface area contributed by atoms with Gasteiger partial charge in [-0.25, -0.2) is 0 Å². The van der Waals surface area contributed by atoms with Gasteiger partial charge in [-0.3, -0.25) is 14.5 Å². The molecule has 5 N–H and O–H groups in total. The van der Waals surface area contributed by atoms with Crippen LogP contribution in [0.15, 0.2) is 85.5 Å². The zero-order valence-corrected chi connectivity index (χ0v) is 28.5. The first kappa shape index (κ1) is 36.3. The quantitative estimate of drug-likeness (QED) is 0.0697. The minimum Gasteiger partial charge on any atom is -0.397 e. The van der Waals surface area contributed by atoms with E-state index in [1.165, 1.54) is 25.7 Å². The molecule has 9 nitrogen and oxygen atoms in total. The van der Waals surface area contributed by atoms with Gasteiger partial charge in [-0.2, -0.15) is 0 Å². The average molecular weight is 669 g/mol. The highest BCUT2D eigenvalue weighted by atomic mass is 16.7. The third kappa shape index (κ3) is 11.0. The predicted octanol–water partition coefficient (Wildman–Crippen LogP) is 6.94. The molecule has 3 atom stereocenters. The van der Waals surface area contributed by atoms with Crippen LogP contribution in [-0.2, 0) is 32.2 Å². The van der Waals surface area contributed by atoms with Crippen molar-refractivity contribution in [3.63, 3.8) is 0 Å². The van der Waals surface area contributed by atoms with Gasteiger partial charge in [-0.05, 0) is 54.5 Å². The predicted molar refractivity (Wildman–Crippen MR) is 193 cm³/mol. The smallest absolute Gasteiger partial charge is 0.224 e. The summed E-state index contributed by atoms with van der Waals surface area (Å²) < 4.78 is 13.2. The van der Waals surface area contributed by atoms with E-state index < -0.39 is 6.29 Å². The third-order valence-corrected chi connectivity index (χ3v) is 9.54. The van der Waals surface area contributed by atoms with Crippen LogP contribution >= 0.6 is 0 Å². The molecule has 0 bridgehead atoms. The van der Waals surface area contributed by atoms with E-state index in [-0.39, 0.29) is 30.6 Å². The largest absolute Gasteiger partial charge is 0.397 e. The Morgan fingerprint density at radius 3 is 2.24 bits per heavy atom. The number of carbonyl (C=O) groups excluding carboxylic acids is 2. The SMILES string of the molecule is C=CCN(C[C@H]1C[C@@H](c2ccc(CO)cc2)O[C@@H](c2ccc(CNC(=O)CCCCCC(=O)Nc3ccccc3N)cc2)O1)C1CCCC1. The number of nitrogens with one attached hydrogen (secondary N) is 2. The number of carbonyl (C=O) groups is 2. The molecule has 262 valence electrons. The fourth-order valence-electron chi connectivity index (χ4n) is 6.76. The van der Waals surface area contributed by atoms with Crippen LogP contribution in [0.4, 0.5) is 11.4 Å². The Labute approximate surface area is 290 Å². The summed E-state index contributed by atoms with van der Waals surface area (Å²) in [5.41, 5.74) is 10.9. The van der Waals surface area contributed by atoms with Crippen LogP contribution in [0.5, 0.6) is 0 Å². The monoisotopic (exact) mass is 668 g/mol. The number of rotatable bonds is 17. The van der Waals surface area contributed by atoms with Crippen LogP contribution in [0.25, 0.3) is 0 Å². The van der Waals surface area contributed by atoms with Crippen LogP contribution in [0, 0.1) is 0 Å². The molecule has 1 saturated carbocycles. The molecule has 3 aromatic carbocycles. The van der Waals surface area contributed by atoms with Gasteiger partial charge in [0.1, 0.15) is 0 Å². The highest BCUT2D eigenvalue weighted by Gasteiger charge is 2.34. The Balaban J connectivity index is 1.10. The summed E-state index contributed by atoms with van der Waals surface area (Å²) in [6.07, 6.45) is 10.1. The molecule has 1 aliphatic heterocycles. The average Bonchev–Trinajstić information content (AvgIpc) is 3.67. The Morgan fingerprint density at radius 2 is 1.55 bits per heavy atom. The molecule has 0 aromatic heterocycles. The van der Waals surface area contributed by atoms with E-state index in [2.05, 4.69) is 22.1 Å². The second-order valence-electron chi connectivity index (χ2n) is 13.2. The van der Waals surface area contributed by atoms with Gasteiger partial charge in [0.15, 0.2) is 6.29 Å². The maximum atomic E-state index is 12.5. The summed E-state index contributed by atoms with van der Waals surface area (Å²) in [4.78, 5) is 27.2. The number of nitrogen functional groups attached to an aromatic ring is 1. The molecule has 0 radical (unpaired) electrons. The number of nitrogens with two attached hydrogens (primary N) is 1. The van der Waals surface area contributed by atoms with Gasteiger partial charge < -0.3 is 30.9 Å². The van der Waals surface area contributed by atoms with Gasteiger partial charge in [0.25, 0.3) is 0 Å². The number of amides is 2. The lowest BCUT2D eigenvalue weighted by Gasteiger charge is -2.39. The van der Waals surface area contributed by atoms with Crippen molar-refractivity contribution in [2.45, 2.75) is 102 Å². The lowest BCUT2D eigenvalue weighted by atomic mass is 9.99. The van der Waals surface area contributed by atoms with Crippen LogP contribution in [0.1, 0.15) is 98.9 Å². The van der Waals surface area contributed by atoms with E-state index in [0.29, 0.717) is 43.2 Å². The van der Waals surface area contributed by atoms with Gasteiger partial charge in [-0.1, -0.05) is 86.0 Å². The second kappa shape index (κ2) is 18.7. The van der Waals surface area contributed by atoms with Crippen molar-refractivity contribution in [3.05, 3.63) is 108 Å². The van der Waals surface area contributed by atoms with E-state index in [4.69, 9.17) is 15.2 Å². The number of aliphatic hydroxyl groups excluding tert-OH is 1. The number of nitrogens with zero attached hydrogens (tertiary/aromatic N) is 1. The Hall–Kier alpha value is -4.02. The molecule has 0 spiro atoms. The molecule has 1 heterocycles. The van der Waals surface area contributed by atoms with Gasteiger partial charge in [0.05, 0.1) is 30.2 Å². The molecule has 0 unspecified atom stereocenters. The molecule has 1 saturated heterocycles. The van der Waals surface area contributed by atoms with Crippen molar-refractivity contribution in [2.24, 2.45) is 0 Å². The lowest BCUT2D eigenvalue weighted by molar-refractivity contribution is -0.253. The van der Waals surface area contributed by atoms with E-state index in [1.54, 1.807) is 12.1 Å². The van der Waals surface area contributed by atoms with Gasteiger partial charge >= 0.3 is 0 Å². The standard InChI is InChI=1S/C40H52N4O5/c1-2-24-44(33-10-6-7-11-33)27-34-25-37(31-20-18-30(28-45)19-21-31)49-40(48-34)32-22-16-29(17-23-32)26-42-38(46)14-4-3-5-15-39(47)43-36-13-9-8-12-35(36)41/h2,8-9,12-13,16-23,33-34,37,40,45H,1,3-7,10-11,14-15,24-28,41H2,(H,42,46)(H,43,47)/t34-,37+,40+/m1/s1. The zero-order chi connectivity index (χ0) is 34.4. The summed E-state index contributed by atoms with van der Waals surface area (Å²) in [6, 6.07) is 23.8. The first-order valence-corrected chi connectivity index (χ1v) is 17.8. The van der Waals surface area contributed by atoms with E-state index in [0.717, 1.165) is 54.6 Å². The highest BCUT2D eigenvalue weighted by molar-refractivity contribution is 5.93. The fourth-order valence-corrected chi connectivity index (χ4v) is 6.76. The summed E-state index contributed by atoms with van der Waals surface area (Å²) >= 11 is 0. The lowest BCUT2D eigenvalue weighted by Crippen LogP contribution is -2.43. The van der Waals surface area contributed by atoms with E-state index >= 15 is 0 Å². The van der Waals surface area contributed by atoms with Crippen molar-refractivity contribution in [1.29, 1.82) is 0 Å². The minimum atomic E-state index is -0.522. The first-order chi connectivity index (χ1) is 23.9. The number of benzene rings is 3. The van der Waals surface area contributed by atoms with Gasteiger partial charge in [0.2, 0.25) is 11.8 Å². The van der Waals surface area contributed by atoms with Crippen molar-refractivity contribution >= 4 is 23.2 Å². The first-order valence-electron chi connectivity index (χ1n) is 17.8. The van der Waals surface area contributed by atoms with Crippen LogP contribution < -0.4 is 16.4 Å².